The monoisotopic (exact) mass is 579 g/mol. The van der Waals surface area contributed by atoms with Crippen LogP contribution < -0.4 is 0 Å². The van der Waals surface area contributed by atoms with Gasteiger partial charge in [-0.25, -0.2) is 8.78 Å². The van der Waals surface area contributed by atoms with Crippen LogP contribution in [0.15, 0.2) is 65.1 Å². The minimum absolute atomic E-state index is 0. The molecule has 5 nitrogen and oxygen atoms in total. The quantitative estimate of drug-likeness (QED) is 0.311. The van der Waals surface area contributed by atoms with E-state index in [4.69, 9.17) is 4.42 Å². The summed E-state index contributed by atoms with van der Waals surface area (Å²) in [4.78, 5) is 19.9. The largest absolute Gasteiger partial charge is 0.455 e. The van der Waals surface area contributed by atoms with Crippen LogP contribution in [0.5, 0.6) is 0 Å². The number of nitrogens with zero attached hydrogens (tertiary/aromatic N) is 3. The summed E-state index contributed by atoms with van der Waals surface area (Å²) in [6, 6.07) is 18.0. The first-order chi connectivity index (χ1) is 18.0. The molecular formula is C30H37Cl2F2N3O2. The molecule has 39 heavy (non-hydrogen) atoms. The van der Waals surface area contributed by atoms with Gasteiger partial charge in [0.2, 0.25) is 0 Å². The molecule has 2 fully saturated rings. The van der Waals surface area contributed by atoms with Gasteiger partial charge in [-0.15, -0.1) is 24.8 Å². The van der Waals surface area contributed by atoms with E-state index >= 15 is 0 Å². The third kappa shape index (κ3) is 6.83. The van der Waals surface area contributed by atoms with Crippen molar-refractivity contribution in [3.63, 3.8) is 0 Å². The van der Waals surface area contributed by atoms with Crippen LogP contribution in [0.25, 0.3) is 0 Å². The fraction of sp³-hybridized carbons (Fsp3) is 0.433. The molecular weight excluding hydrogens is 543 g/mol. The van der Waals surface area contributed by atoms with Gasteiger partial charge in [-0.2, -0.15) is 0 Å². The maximum Gasteiger partial charge on any atom is 0.289 e. The van der Waals surface area contributed by atoms with E-state index in [1.54, 1.807) is 12.1 Å². The average molecular weight is 581 g/mol. The second-order valence-corrected chi connectivity index (χ2v) is 10.2. The number of piperidine rings is 1. The number of halogens is 4. The lowest BCUT2D eigenvalue weighted by Crippen LogP contribution is -2.48. The molecule has 3 aromatic rings. The highest BCUT2D eigenvalue weighted by Crippen LogP contribution is 2.43. The Bertz CT molecular complexity index is 1220. The number of hydrogen-bond acceptors (Lipinski definition) is 4. The highest BCUT2D eigenvalue weighted by molar-refractivity contribution is 5.91. The molecule has 3 heterocycles. The van der Waals surface area contributed by atoms with Gasteiger partial charge in [0, 0.05) is 50.1 Å². The number of furan rings is 1. The Balaban J connectivity index is 0.00000210. The highest BCUT2D eigenvalue weighted by atomic mass is 35.5. The van der Waals surface area contributed by atoms with Gasteiger partial charge >= 0.3 is 0 Å². The Morgan fingerprint density at radius 1 is 1.00 bits per heavy atom. The van der Waals surface area contributed by atoms with Crippen molar-refractivity contribution < 1.29 is 18.0 Å². The summed E-state index contributed by atoms with van der Waals surface area (Å²) in [5.41, 5.74) is 1.73. The number of amides is 1. The van der Waals surface area contributed by atoms with E-state index in [1.807, 2.05) is 29.2 Å². The molecule has 1 aromatic heterocycles. The summed E-state index contributed by atoms with van der Waals surface area (Å²) < 4.78 is 34.6. The molecule has 0 saturated carbocycles. The first kappa shape index (κ1) is 31.1. The third-order valence-corrected chi connectivity index (χ3v) is 8.06. The number of benzene rings is 2. The molecule has 3 atom stereocenters. The van der Waals surface area contributed by atoms with E-state index < -0.39 is 11.6 Å². The molecule has 0 spiro atoms. The Kier molecular flexibility index (Phi) is 11.0. The van der Waals surface area contributed by atoms with Crippen LogP contribution in [0.2, 0.25) is 0 Å². The number of carbonyl (C=O) groups is 1. The summed E-state index contributed by atoms with van der Waals surface area (Å²) in [5, 5.41) is 0. The second kappa shape index (κ2) is 13.8. The summed E-state index contributed by atoms with van der Waals surface area (Å²) >= 11 is 0. The fourth-order valence-corrected chi connectivity index (χ4v) is 6.06. The molecule has 2 saturated heterocycles. The predicted octanol–water partition coefficient (Wildman–Crippen LogP) is 6.37. The van der Waals surface area contributed by atoms with Crippen LogP contribution in [0.4, 0.5) is 8.78 Å². The lowest BCUT2D eigenvalue weighted by Gasteiger charge is -2.39. The van der Waals surface area contributed by atoms with E-state index in [0.29, 0.717) is 37.5 Å². The Morgan fingerprint density at radius 3 is 2.44 bits per heavy atom. The summed E-state index contributed by atoms with van der Waals surface area (Å²) in [6.07, 6.45) is 0.801. The van der Waals surface area contributed by atoms with Crippen LogP contribution in [0, 0.1) is 17.6 Å². The van der Waals surface area contributed by atoms with E-state index in [1.165, 1.54) is 11.6 Å². The minimum Gasteiger partial charge on any atom is -0.455 e. The van der Waals surface area contributed by atoms with Gasteiger partial charge in [-0.05, 0) is 48.8 Å². The Labute approximate surface area is 242 Å². The van der Waals surface area contributed by atoms with Crippen molar-refractivity contribution >= 4 is 30.7 Å². The van der Waals surface area contributed by atoms with Crippen molar-refractivity contribution in [1.29, 1.82) is 0 Å². The van der Waals surface area contributed by atoms with Gasteiger partial charge in [0.25, 0.3) is 5.91 Å². The molecule has 2 aliphatic heterocycles. The summed E-state index contributed by atoms with van der Waals surface area (Å²) in [5.74, 6) is -0.153. The lowest BCUT2D eigenvalue weighted by atomic mass is 9.81. The van der Waals surface area contributed by atoms with Crippen molar-refractivity contribution in [1.82, 2.24) is 14.7 Å². The molecule has 0 N–H and O–H groups in total. The molecule has 0 unspecified atom stereocenters. The average Bonchev–Trinajstić information content (AvgIpc) is 3.52. The lowest BCUT2D eigenvalue weighted by molar-refractivity contribution is 0.0551. The van der Waals surface area contributed by atoms with Crippen molar-refractivity contribution in [2.24, 2.45) is 5.92 Å². The number of rotatable bonds is 8. The van der Waals surface area contributed by atoms with Gasteiger partial charge in [0.1, 0.15) is 17.4 Å². The van der Waals surface area contributed by atoms with Crippen LogP contribution in [-0.2, 0) is 13.1 Å². The SMILES string of the molecule is CCN(CC)Cc1ccc(C(=O)N2CC[C@@H]3[C@H](C2)[C@@H](c2ccc(F)cc2F)CN3Cc2ccccc2)o1.Cl.Cl. The molecule has 212 valence electrons. The van der Waals surface area contributed by atoms with Crippen LogP contribution in [0.1, 0.15) is 53.6 Å². The summed E-state index contributed by atoms with van der Waals surface area (Å²) in [7, 11) is 0. The fourth-order valence-electron chi connectivity index (χ4n) is 6.06. The topological polar surface area (TPSA) is 39.9 Å². The molecule has 0 radical (unpaired) electrons. The van der Waals surface area contributed by atoms with E-state index in [9.17, 15) is 13.6 Å². The Morgan fingerprint density at radius 2 is 1.74 bits per heavy atom. The number of fused-ring (bicyclic) bond motifs is 1. The highest BCUT2D eigenvalue weighted by Gasteiger charge is 2.46. The maximum atomic E-state index is 14.9. The van der Waals surface area contributed by atoms with Crippen LogP contribution in [0.3, 0.4) is 0 Å². The first-order valence-electron chi connectivity index (χ1n) is 13.3. The van der Waals surface area contributed by atoms with E-state index in [2.05, 4.69) is 35.8 Å². The number of carbonyl (C=O) groups excluding carboxylic acids is 1. The molecule has 0 bridgehead atoms. The van der Waals surface area contributed by atoms with E-state index in [-0.39, 0.29) is 48.6 Å². The minimum atomic E-state index is -0.573. The molecule has 9 heteroatoms. The number of likely N-dealkylation sites (tertiary alicyclic amines) is 2. The van der Waals surface area contributed by atoms with Gasteiger partial charge in [0.15, 0.2) is 5.76 Å². The molecule has 1 amide bonds. The second-order valence-electron chi connectivity index (χ2n) is 10.2. The standard InChI is InChI=1S/C30H35F2N3O2.2ClH/c1-3-33(4-2)18-23-11-13-29(37-23)30(36)34-15-14-28-26(20-34)25(24-12-10-22(31)16-27(24)32)19-35(28)17-21-8-6-5-7-9-21;;/h5-13,16,25-26,28H,3-4,14-15,17-20H2,1-2H3;2*1H/t25-,26-,28-;;/m1../s1. The van der Waals surface area contributed by atoms with Crippen molar-refractivity contribution in [3.8, 4) is 0 Å². The third-order valence-electron chi connectivity index (χ3n) is 8.06. The maximum absolute atomic E-state index is 14.9. The Hall–Kier alpha value is -2.45. The molecule has 0 aliphatic carbocycles. The zero-order valence-corrected chi connectivity index (χ0v) is 24.0. The molecule has 2 aromatic carbocycles. The van der Waals surface area contributed by atoms with Crippen LogP contribution in [-0.4, -0.2) is 59.4 Å². The zero-order valence-electron chi connectivity index (χ0n) is 22.4. The van der Waals surface area contributed by atoms with Gasteiger partial charge < -0.3 is 9.32 Å². The predicted molar refractivity (Wildman–Crippen MR) is 154 cm³/mol. The summed E-state index contributed by atoms with van der Waals surface area (Å²) in [6.45, 7) is 9.28. The zero-order chi connectivity index (χ0) is 25.9. The molecule has 5 rings (SSSR count). The van der Waals surface area contributed by atoms with Crippen molar-refractivity contribution in [2.45, 2.75) is 45.3 Å². The van der Waals surface area contributed by atoms with Gasteiger partial charge in [-0.1, -0.05) is 50.2 Å². The normalized spacial score (nSPS) is 20.8. The number of hydrogen-bond donors (Lipinski definition) is 0. The van der Waals surface area contributed by atoms with Gasteiger partial charge in [-0.3, -0.25) is 14.6 Å². The van der Waals surface area contributed by atoms with Crippen molar-refractivity contribution in [2.75, 3.05) is 32.7 Å². The molecule has 2 aliphatic rings. The first-order valence-corrected chi connectivity index (χ1v) is 13.3. The smallest absolute Gasteiger partial charge is 0.289 e. The van der Waals surface area contributed by atoms with Gasteiger partial charge in [0.05, 0.1) is 6.54 Å². The van der Waals surface area contributed by atoms with Crippen molar-refractivity contribution in [3.05, 3.63) is 94.9 Å². The van der Waals surface area contributed by atoms with Crippen LogP contribution >= 0.6 is 24.8 Å². The van der Waals surface area contributed by atoms with E-state index in [0.717, 1.165) is 37.9 Å².